The minimum absolute atomic E-state index is 0.0143. The highest BCUT2D eigenvalue weighted by molar-refractivity contribution is 6.07. The first-order valence-electron chi connectivity index (χ1n) is 14.5. The molecule has 0 aromatic heterocycles. The Bertz CT molecular complexity index is 1490. The van der Waals surface area contributed by atoms with Crippen LogP contribution in [-0.2, 0) is 16.1 Å². The summed E-state index contributed by atoms with van der Waals surface area (Å²) in [6.45, 7) is 3.64. The average molecular weight is 551 g/mol. The molecule has 2 atom stereocenters. The lowest BCUT2D eigenvalue weighted by molar-refractivity contribution is -0.150. The summed E-state index contributed by atoms with van der Waals surface area (Å²) in [5.74, 6) is -0.479. The zero-order chi connectivity index (χ0) is 28.2. The number of amides is 1. The summed E-state index contributed by atoms with van der Waals surface area (Å²) in [4.78, 5) is 31.5. The number of esters is 1. The van der Waals surface area contributed by atoms with Gasteiger partial charge < -0.3 is 14.5 Å². The van der Waals surface area contributed by atoms with Crippen LogP contribution in [0, 0.1) is 17.7 Å². The predicted octanol–water partition coefficient (Wildman–Crippen LogP) is 6.29. The van der Waals surface area contributed by atoms with E-state index in [0.717, 1.165) is 48.8 Å². The number of benzene rings is 4. The van der Waals surface area contributed by atoms with E-state index in [-0.39, 0.29) is 36.1 Å². The third-order valence-corrected chi connectivity index (χ3v) is 8.70. The molecule has 0 bridgehead atoms. The summed E-state index contributed by atoms with van der Waals surface area (Å²) >= 11 is 0. The lowest BCUT2D eigenvalue weighted by atomic mass is 9.88. The molecule has 5 nitrogen and oxygen atoms in total. The summed E-state index contributed by atoms with van der Waals surface area (Å²) in [6.07, 6.45) is 1.97. The van der Waals surface area contributed by atoms with Gasteiger partial charge in [-0.1, -0.05) is 78.9 Å². The normalized spacial score (nSPS) is 19.9. The highest BCUT2D eigenvalue weighted by Crippen LogP contribution is 2.32. The third-order valence-electron chi connectivity index (χ3n) is 8.70. The fourth-order valence-electron chi connectivity index (χ4n) is 6.42. The van der Waals surface area contributed by atoms with Gasteiger partial charge in [-0.15, -0.1) is 0 Å². The SMILES string of the molecule is O=C(OCc1ccccc1)[C@@H]1CN(C(=O)c2cccc3ccccc23)CC1CN1CCC(c2ccc(F)cc2)CC1. The molecule has 2 heterocycles. The van der Waals surface area contributed by atoms with Gasteiger partial charge in [0.15, 0.2) is 0 Å². The van der Waals surface area contributed by atoms with Crippen molar-refractivity contribution in [1.82, 2.24) is 9.80 Å². The first-order chi connectivity index (χ1) is 20.0. The van der Waals surface area contributed by atoms with E-state index in [1.807, 2.05) is 89.8 Å². The van der Waals surface area contributed by atoms with Gasteiger partial charge in [0, 0.05) is 31.1 Å². The maximum absolute atomic E-state index is 13.8. The Morgan fingerprint density at radius 1 is 0.805 bits per heavy atom. The lowest BCUT2D eigenvalue weighted by Gasteiger charge is -2.34. The quantitative estimate of drug-likeness (QED) is 0.254. The van der Waals surface area contributed by atoms with Crippen LogP contribution in [0.25, 0.3) is 10.8 Å². The Morgan fingerprint density at radius 2 is 1.51 bits per heavy atom. The summed E-state index contributed by atoms with van der Waals surface area (Å²) in [6, 6.07) is 30.3. The van der Waals surface area contributed by atoms with Gasteiger partial charge in [-0.25, -0.2) is 4.39 Å². The van der Waals surface area contributed by atoms with Gasteiger partial charge >= 0.3 is 5.97 Å². The maximum Gasteiger partial charge on any atom is 0.311 e. The third kappa shape index (κ3) is 6.18. The van der Waals surface area contributed by atoms with Gasteiger partial charge in [0.1, 0.15) is 12.4 Å². The van der Waals surface area contributed by atoms with E-state index in [1.54, 1.807) is 0 Å². The Balaban J connectivity index is 1.16. The van der Waals surface area contributed by atoms with Gasteiger partial charge in [0.2, 0.25) is 0 Å². The van der Waals surface area contributed by atoms with E-state index < -0.39 is 0 Å². The Labute approximate surface area is 240 Å². The van der Waals surface area contributed by atoms with Gasteiger partial charge in [0.05, 0.1) is 5.92 Å². The molecule has 2 fully saturated rings. The topological polar surface area (TPSA) is 49.9 Å². The van der Waals surface area contributed by atoms with Crippen LogP contribution in [0.2, 0.25) is 0 Å². The maximum atomic E-state index is 13.8. The number of halogens is 1. The minimum Gasteiger partial charge on any atom is -0.461 e. The predicted molar refractivity (Wildman–Crippen MR) is 158 cm³/mol. The van der Waals surface area contributed by atoms with Crippen LogP contribution in [0.1, 0.15) is 40.2 Å². The zero-order valence-electron chi connectivity index (χ0n) is 23.1. The molecule has 4 aromatic rings. The molecule has 2 aliphatic rings. The van der Waals surface area contributed by atoms with Crippen LogP contribution in [0.3, 0.4) is 0 Å². The molecule has 41 heavy (non-hydrogen) atoms. The van der Waals surface area contributed by atoms with Crippen molar-refractivity contribution in [2.75, 3.05) is 32.7 Å². The molecule has 1 unspecified atom stereocenters. The van der Waals surface area contributed by atoms with E-state index in [9.17, 15) is 14.0 Å². The molecule has 6 rings (SSSR count). The summed E-state index contributed by atoms with van der Waals surface area (Å²) in [5, 5.41) is 1.95. The number of hydrogen-bond donors (Lipinski definition) is 0. The van der Waals surface area contributed by atoms with Crippen molar-refractivity contribution in [3.05, 3.63) is 120 Å². The van der Waals surface area contributed by atoms with Crippen molar-refractivity contribution in [3.8, 4) is 0 Å². The molecule has 0 radical (unpaired) electrons. The molecular formula is C35H35FN2O3. The molecule has 4 aromatic carbocycles. The van der Waals surface area contributed by atoms with Crippen molar-refractivity contribution in [1.29, 1.82) is 0 Å². The summed E-state index contributed by atoms with van der Waals surface area (Å²) in [5.41, 5.74) is 2.79. The highest BCUT2D eigenvalue weighted by atomic mass is 19.1. The van der Waals surface area contributed by atoms with Crippen molar-refractivity contribution < 1.29 is 18.7 Å². The average Bonchev–Trinajstić information content (AvgIpc) is 3.44. The summed E-state index contributed by atoms with van der Waals surface area (Å²) < 4.78 is 19.2. The largest absolute Gasteiger partial charge is 0.461 e. The lowest BCUT2D eigenvalue weighted by Crippen LogP contribution is -2.40. The molecule has 1 amide bonds. The number of ether oxygens (including phenoxy) is 1. The summed E-state index contributed by atoms with van der Waals surface area (Å²) in [7, 11) is 0. The van der Waals surface area contributed by atoms with E-state index in [2.05, 4.69) is 4.90 Å². The van der Waals surface area contributed by atoms with Crippen molar-refractivity contribution >= 4 is 22.6 Å². The number of carbonyl (C=O) groups excluding carboxylic acids is 2. The Kier molecular flexibility index (Phi) is 8.10. The standard InChI is InChI=1S/C35H35FN2O3/c36-30-15-13-26(14-16-30)27-17-19-37(20-18-27)21-29-22-38(23-33(29)35(40)41-24-25-7-2-1-3-8-25)34(39)32-12-6-10-28-9-4-5-11-31(28)32/h1-16,27,29,33H,17-24H2/t29?,33-/m1/s1. The number of piperidine rings is 1. The van der Waals surface area contributed by atoms with E-state index >= 15 is 0 Å². The first kappa shape index (κ1) is 27.2. The van der Waals surface area contributed by atoms with Gasteiger partial charge in [0.25, 0.3) is 5.91 Å². The Hall–Kier alpha value is -4.03. The van der Waals surface area contributed by atoms with Gasteiger partial charge in [-0.3, -0.25) is 9.59 Å². The second kappa shape index (κ2) is 12.2. The number of fused-ring (bicyclic) bond motifs is 1. The molecule has 6 heteroatoms. The number of nitrogens with zero attached hydrogens (tertiary/aromatic N) is 2. The van der Waals surface area contributed by atoms with E-state index in [1.165, 1.54) is 17.7 Å². The van der Waals surface area contributed by atoms with Crippen molar-refractivity contribution in [2.24, 2.45) is 11.8 Å². The smallest absolute Gasteiger partial charge is 0.311 e. The molecule has 2 saturated heterocycles. The van der Waals surface area contributed by atoms with Gasteiger partial charge in [-0.2, -0.15) is 0 Å². The van der Waals surface area contributed by atoms with Crippen LogP contribution in [0.4, 0.5) is 4.39 Å². The highest BCUT2D eigenvalue weighted by Gasteiger charge is 2.42. The van der Waals surface area contributed by atoms with Crippen molar-refractivity contribution in [2.45, 2.75) is 25.4 Å². The van der Waals surface area contributed by atoms with Crippen LogP contribution in [0.15, 0.2) is 97.1 Å². The van der Waals surface area contributed by atoms with E-state index in [0.29, 0.717) is 24.6 Å². The molecule has 210 valence electrons. The first-order valence-corrected chi connectivity index (χ1v) is 14.5. The van der Waals surface area contributed by atoms with E-state index in [4.69, 9.17) is 4.74 Å². The fraction of sp³-hybridized carbons (Fsp3) is 0.314. The molecule has 0 aliphatic carbocycles. The molecular weight excluding hydrogens is 515 g/mol. The second-order valence-corrected chi connectivity index (χ2v) is 11.3. The van der Waals surface area contributed by atoms with Crippen LogP contribution < -0.4 is 0 Å². The monoisotopic (exact) mass is 550 g/mol. The second-order valence-electron chi connectivity index (χ2n) is 11.3. The molecule has 0 saturated carbocycles. The van der Waals surface area contributed by atoms with Crippen LogP contribution >= 0.6 is 0 Å². The number of hydrogen-bond acceptors (Lipinski definition) is 4. The van der Waals surface area contributed by atoms with Crippen LogP contribution in [-0.4, -0.2) is 54.4 Å². The van der Waals surface area contributed by atoms with Crippen LogP contribution in [0.5, 0.6) is 0 Å². The van der Waals surface area contributed by atoms with Gasteiger partial charge in [-0.05, 0) is 71.9 Å². The Morgan fingerprint density at radius 3 is 2.29 bits per heavy atom. The van der Waals surface area contributed by atoms with Crippen molar-refractivity contribution in [3.63, 3.8) is 0 Å². The molecule has 0 spiro atoms. The number of likely N-dealkylation sites (tertiary alicyclic amines) is 2. The molecule has 0 N–H and O–H groups in total. The minimum atomic E-state index is -0.382. The number of rotatable bonds is 7. The zero-order valence-corrected chi connectivity index (χ0v) is 23.1. The fourth-order valence-corrected chi connectivity index (χ4v) is 6.42. The number of carbonyl (C=O) groups is 2. The molecule has 2 aliphatic heterocycles.